The Hall–Kier alpha value is -0.970. The molecule has 2 atom stereocenters. The summed E-state index contributed by atoms with van der Waals surface area (Å²) in [6.45, 7) is 2.87. The van der Waals surface area contributed by atoms with Gasteiger partial charge in [0.2, 0.25) is 0 Å². The summed E-state index contributed by atoms with van der Waals surface area (Å²) in [5, 5.41) is 0. The molecule has 1 saturated heterocycles. The van der Waals surface area contributed by atoms with Crippen molar-refractivity contribution in [2.45, 2.75) is 50.7 Å². The average molecular weight is 261 g/mol. The fourth-order valence-electron chi connectivity index (χ4n) is 3.44. The number of rotatable bonds is 3. The molecule has 104 valence electrons. The molecular weight excluding hydrogens is 238 g/mol. The van der Waals surface area contributed by atoms with E-state index in [1.807, 2.05) is 13.1 Å². The van der Waals surface area contributed by atoms with Gasteiger partial charge in [-0.25, -0.2) is 0 Å². The summed E-state index contributed by atoms with van der Waals surface area (Å²) in [4.78, 5) is 4.39. The zero-order valence-corrected chi connectivity index (χ0v) is 11.6. The second kappa shape index (κ2) is 5.19. The molecule has 1 aliphatic carbocycles. The van der Waals surface area contributed by atoms with Crippen LogP contribution in [0.3, 0.4) is 0 Å². The summed E-state index contributed by atoms with van der Waals surface area (Å²) in [6, 6.07) is 4.38. The molecule has 1 aliphatic heterocycles. The van der Waals surface area contributed by atoms with Gasteiger partial charge in [0.05, 0.1) is 11.6 Å². The average Bonchev–Trinajstić information content (AvgIpc) is 2.40. The van der Waals surface area contributed by atoms with Crippen molar-refractivity contribution in [3.8, 4) is 0 Å². The van der Waals surface area contributed by atoms with Crippen molar-refractivity contribution >= 4 is 0 Å². The lowest BCUT2D eigenvalue weighted by Gasteiger charge is -2.48. The van der Waals surface area contributed by atoms with Crippen LogP contribution in [0.15, 0.2) is 18.3 Å². The molecule has 1 aromatic heterocycles. The Labute approximate surface area is 114 Å². The molecule has 2 fully saturated rings. The third-order valence-corrected chi connectivity index (χ3v) is 4.74. The van der Waals surface area contributed by atoms with Crippen LogP contribution in [0.1, 0.15) is 49.4 Å². The van der Waals surface area contributed by atoms with Crippen molar-refractivity contribution < 1.29 is 4.74 Å². The van der Waals surface area contributed by atoms with Gasteiger partial charge < -0.3 is 4.74 Å². The van der Waals surface area contributed by atoms with E-state index in [1.54, 1.807) is 0 Å². The van der Waals surface area contributed by atoms with E-state index in [1.165, 1.54) is 24.8 Å². The summed E-state index contributed by atoms with van der Waals surface area (Å²) in [6.07, 6.45) is 7.88. The zero-order valence-electron chi connectivity index (χ0n) is 11.6. The van der Waals surface area contributed by atoms with Crippen molar-refractivity contribution in [1.82, 2.24) is 10.4 Å². The first-order valence-electron chi connectivity index (χ1n) is 7.25. The van der Waals surface area contributed by atoms with Gasteiger partial charge >= 0.3 is 0 Å². The van der Waals surface area contributed by atoms with E-state index in [4.69, 9.17) is 10.6 Å². The summed E-state index contributed by atoms with van der Waals surface area (Å²) >= 11 is 0. The third kappa shape index (κ3) is 2.53. The lowest BCUT2D eigenvalue weighted by Crippen LogP contribution is -2.48. The maximum atomic E-state index is 6.00. The summed E-state index contributed by atoms with van der Waals surface area (Å²) in [5.41, 5.74) is 5.39. The molecule has 2 aliphatic rings. The van der Waals surface area contributed by atoms with Gasteiger partial charge in [0, 0.05) is 18.5 Å². The molecule has 0 aromatic carbocycles. The summed E-state index contributed by atoms with van der Waals surface area (Å²) in [7, 11) is 0. The molecule has 3 N–H and O–H groups in total. The molecule has 1 saturated carbocycles. The molecule has 1 aromatic rings. The fraction of sp³-hybridized carbons (Fsp3) is 0.667. The highest BCUT2D eigenvalue weighted by Gasteiger charge is 2.44. The van der Waals surface area contributed by atoms with Gasteiger partial charge in [-0.1, -0.05) is 6.07 Å². The minimum Gasteiger partial charge on any atom is -0.375 e. The van der Waals surface area contributed by atoms with Gasteiger partial charge in [-0.05, 0) is 56.6 Å². The van der Waals surface area contributed by atoms with Crippen molar-refractivity contribution in [2.24, 2.45) is 11.8 Å². The molecule has 1 spiro atoms. The lowest BCUT2D eigenvalue weighted by molar-refractivity contribution is -0.147. The van der Waals surface area contributed by atoms with Crippen LogP contribution in [0.5, 0.6) is 0 Å². The number of aryl methyl sites for hydroxylation is 1. The Morgan fingerprint density at radius 3 is 2.89 bits per heavy atom. The van der Waals surface area contributed by atoms with Gasteiger partial charge in [0.15, 0.2) is 0 Å². The topological polar surface area (TPSA) is 60.2 Å². The van der Waals surface area contributed by atoms with Gasteiger partial charge in [-0.3, -0.25) is 16.3 Å². The van der Waals surface area contributed by atoms with Crippen LogP contribution in [0, 0.1) is 12.8 Å². The fourth-order valence-corrected chi connectivity index (χ4v) is 3.44. The lowest BCUT2D eigenvalue weighted by atomic mass is 9.70. The minimum absolute atomic E-state index is 0.163. The van der Waals surface area contributed by atoms with Crippen molar-refractivity contribution in [2.75, 3.05) is 6.61 Å². The molecular formula is C15H23N3O. The van der Waals surface area contributed by atoms with Crippen LogP contribution in [0.4, 0.5) is 0 Å². The van der Waals surface area contributed by atoms with Crippen molar-refractivity contribution in [1.29, 1.82) is 0 Å². The minimum atomic E-state index is 0.163. The number of nitrogens with two attached hydrogens (primary N) is 1. The van der Waals surface area contributed by atoms with Crippen LogP contribution in [-0.2, 0) is 4.74 Å². The Bertz CT molecular complexity index is 428. The molecule has 2 unspecified atom stereocenters. The number of hydrazine groups is 1. The number of nitrogens with one attached hydrogen (secondary N) is 1. The first kappa shape index (κ1) is 13.0. The number of pyridine rings is 1. The Morgan fingerprint density at radius 2 is 2.32 bits per heavy atom. The normalized spacial score (nSPS) is 26.9. The molecule has 4 nitrogen and oxygen atoms in total. The summed E-state index contributed by atoms with van der Waals surface area (Å²) in [5.74, 6) is 6.35. The van der Waals surface area contributed by atoms with Gasteiger partial charge in [-0.2, -0.15) is 0 Å². The molecule has 4 heteroatoms. The van der Waals surface area contributed by atoms with Crippen LogP contribution < -0.4 is 11.3 Å². The van der Waals surface area contributed by atoms with Crippen LogP contribution >= 0.6 is 0 Å². The van der Waals surface area contributed by atoms with Crippen LogP contribution in [0.2, 0.25) is 0 Å². The van der Waals surface area contributed by atoms with Crippen molar-refractivity contribution in [3.05, 3.63) is 29.6 Å². The van der Waals surface area contributed by atoms with Gasteiger partial charge in [0.1, 0.15) is 0 Å². The number of aromatic nitrogens is 1. The largest absolute Gasteiger partial charge is 0.375 e. The Balaban J connectivity index is 1.76. The highest BCUT2D eigenvalue weighted by molar-refractivity contribution is 5.18. The molecule has 2 heterocycles. The van der Waals surface area contributed by atoms with E-state index in [2.05, 4.69) is 22.5 Å². The molecule has 0 amide bonds. The van der Waals surface area contributed by atoms with E-state index in [9.17, 15) is 0 Å². The molecule has 0 radical (unpaired) electrons. The van der Waals surface area contributed by atoms with Crippen LogP contribution in [0.25, 0.3) is 0 Å². The Morgan fingerprint density at radius 1 is 1.47 bits per heavy atom. The summed E-state index contributed by atoms with van der Waals surface area (Å²) < 4.78 is 6.00. The Kier molecular flexibility index (Phi) is 3.56. The van der Waals surface area contributed by atoms with E-state index in [0.717, 1.165) is 25.1 Å². The van der Waals surface area contributed by atoms with E-state index < -0.39 is 0 Å². The number of nitrogens with zero attached hydrogens (tertiary/aromatic N) is 1. The first-order chi connectivity index (χ1) is 9.22. The highest BCUT2D eigenvalue weighted by atomic mass is 16.5. The highest BCUT2D eigenvalue weighted by Crippen LogP contribution is 2.46. The van der Waals surface area contributed by atoms with E-state index in [0.29, 0.717) is 5.92 Å². The number of hydrogen-bond donors (Lipinski definition) is 2. The smallest absolute Gasteiger partial charge is 0.0686 e. The molecule has 19 heavy (non-hydrogen) atoms. The predicted octanol–water partition coefficient (Wildman–Crippen LogP) is 2.24. The molecule has 0 bridgehead atoms. The third-order valence-electron chi connectivity index (χ3n) is 4.74. The quantitative estimate of drug-likeness (QED) is 0.647. The SMILES string of the molecule is Cc1ccc(C(NN)C2CCOC3(CCC3)C2)cn1. The van der Waals surface area contributed by atoms with E-state index in [-0.39, 0.29) is 11.6 Å². The maximum Gasteiger partial charge on any atom is 0.0686 e. The maximum absolute atomic E-state index is 6.00. The van der Waals surface area contributed by atoms with Gasteiger partial charge in [-0.15, -0.1) is 0 Å². The second-order valence-corrected chi connectivity index (χ2v) is 6.02. The first-order valence-corrected chi connectivity index (χ1v) is 7.25. The van der Waals surface area contributed by atoms with E-state index >= 15 is 0 Å². The van der Waals surface area contributed by atoms with Gasteiger partial charge in [0.25, 0.3) is 0 Å². The predicted molar refractivity (Wildman–Crippen MR) is 74.3 cm³/mol. The number of ether oxygens (including phenoxy) is 1. The van der Waals surface area contributed by atoms with Crippen molar-refractivity contribution in [3.63, 3.8) is 0 Å². The standard InChI is InChI=1S/C15H23N3O/c1-11-3-4-13(10-17-11)14(18-16)12-5-8-19-15(9-12)6-2-7-15/h3-4,10,12,14,18H,2,5-9,16H2,1H3. The number of hydrogen-bond acceptors (Lipinski definition) is 4. The zero-order chi connectivity index (χ0) is 13.3. The second-order valence-electron chi connectivity index (χ2n) is 6.02. The van der Waals surface area contributed by atoms with Crippen LogP contribution in [-0.4, -0.2) is 17.2 Å². The molecule has 3 rings (SSSR count). The monoisotopic (exact) mass is 261 g/mol.